The van der Waals surface area contributed by atoms with E-state index in [1.807, 2.05) is 12.3 Å². The lowest BCUT2D eigenvalue weighted by Crippen LogP contribution is -2.48. The second-order valence-corrected chi connectivity index (χ2v) is 8.05. The monoisotopic (exact) mass is 412 g/mol. The minimum atomic E-state index is 0.891. The number of hydrogen-bond donors (Lipinski definition) is 0. The average Bonchev–Trinajstić information content (AvgIpc) is 2.84. The zero-order chi connectivity index (χ0) is 21.1. The molecule has 4 nitrogen and oxygen atoms in total. The van der Waals surface area contributed by atoms with E-state index in [1.54, 1.807) is 0 Å². The average molecular weight is 413 g/mol. The Morgan fingerprint density at radius 3 is 2.16 bits per heavy atom. The number of rotatable bonds is 9. The van der Waals surface area contributed by atoms with Crippen LogP contribution in [0, 0.1) is 0 Å². The number of benzene rings is 2. The van der Waals surface area contributed by atoms with Crippen LogP contribution in [0.3, 0.4) is 0 Å². The van der Waals surface area contributed by atoms with Crippen molar-refractivity contribution in [1.82, 2.24) is 14.8 Å². The summed E-state index contributed by atoms with van der Waals surface area (Å²) in [5.41, 5.74) is 2.59. The third-order valence-electron chi connectivity index (χ3n) is 5.81. The summed E-state index contributed by atoms with van der Waals surface area (Å²) in [5, 5.41) is 0. The highest BCUT2D eigenvalue weighted by atomic mass is 15.3. The SMILES string of the molecule is C(=C\c1ccccc1)/CN1CCN(CCN(Cc2ccccc2)c2ccccn2)CC1. The van der Waals surface area contributed by atoms with Gasteiger partial charge in [-0.3, -0.25) is 9.80 Å². The van der Waals surface area contributed by atoms with E-state index in [0.29, 0.717) is 0 Å². The first kappa shape index (κ1) is 21.3. The summed E-state index contributed by atoms with van der Waals surface area (Å²) in [7, 11) is 0. The molecule has 2 heterocycles. The van der Waals surface area contributed by atoms with Gasteiger partial charge in [0.2, 0.25) is 0 Å². The predicted molar refractivity (Wildman–Crippen MR) is 130 cm³/mol. The van der Waals surface area contributed by atoms with E-state index >= 15 is 0 Å². The van der Waals surface area contributed by atoms with Crippen LogP contribution in [0.25, 0.3) is 6.08 Å². The lowest BCUT2D eigenvalue weighted by atomic mass is 10.2. The fraction of sp³-hybridized carbons (Fsp3) is 0.296. The van der Waals surface area contributed by atoms with E-state index < -0.39 is 0 Å². The van der Waals surface area contributed by atoms with Crippen LogP contribution in [-0.2, 0) is 6.54 Å². The fourth-order valence-corrected chi connectivity index (χ4v) is 3.98. The molecule has 0 atom stereocenters. The Kier molecular flexibility index (Phi) is 7.86. The van der Waals surface area contributed by atoms with Crippen LogP contribution in [0.2, 0.25) is 0 Å². The Hall–Kier alpha value is -2.95. The molecule has 0 aliphatic carbocycles. The highest BCUT2D eigenvalue weighted by molar-refractivity contribution is 5.48. The second-order valence-electron chi connectivity index (χ2n) is 8.05. The van der Waals surface area contributed by atoms with Crippen LogP contribution in [0.1, 0.15) is 11.1 Å². The molecule has 3 aromatic rings. The molecule has 0 bridgehead atoms. The molecule has 4 heteroatoms. The van der Waals surface area contributed by atoms with Gasteiger partial charge in [0.05, 0.1) is 0 Å². The van der Waals surface area contributed by atoms with Gasteiger partial charge >= 0.3 is 0 Å². The van der Waals surface area contributed by atoms with E-state index in [2.05, 4.69) is 105 Å². The van der Waals surface area contributed by atoms with E-state index in [1.165, 1.54) is 11.1 Å². The minimum Gasteiger partial charge on any atom is -0.351 e. The number of pyridine rings is 1. The van der Waals surface area contributed by atoms with E-state index in [-0.39, 0.29) is 0 Å². The maximum Gasteiger partial charge on any atom is 0.128 e. The lowest BCUT2D eigenvalue weighted by Gasteiger charge is -2.35. The largest absolute Gasteiger partial charge is 0.351 e. The van der Waals surface area contributed by atoms with Crippen molar-refractivity contribution < 1.29 is 0 Å². The summed E-state index contributed by atoms with van der Waals surface area (Å²) in [5.74, 6) is 1.05. The summed E-state index contributed by atoms with van der Waals surface area (Å²) in [6.07, 6.45) is 6.39. The topological polar surface area (TPSA) is 22.6 Å². The maximum absolute atomic E-state index is 4.60. The molecule has 0 radical (unpaired) electrons. The van der Waals surface area contributed by atoms with Crippen LogP contribution in [-0.4, -0.2) is 60.6 Å². The Balaban J connectivity index is 1.25. The standard InChI is InChI=1S/C27H32N4/c1-3-10-25(11-4-1)14-9-17-29-18-20-30(21-19-29)22-23-31(27-15-7-8-16-28-27)24-26-12-5-2-6-13-26/h1-16H,17-24H2/b14-9+. The molecule has 0 amide bonds. The summed E-state index contributed by atoms with van der Waals surface area (Å²) in [4.78, 5) is 12.1. The van der Waals surface area contributed by atoms with Crippen LogP contribution in [0.5, 0.6) is 0 Å². The van der Waals surface area contributed by atoms with Crippen molar-refractivity contribution in [2.24, 2.45) is 0 Å². The molecule has 0 unspecified atom stereocenters. The first-order valence-electron chi connectivity index (χ1n) is 11.2. The third kappa shape index (κ3) is 6.78. The van der Waals surface area contributed by atoms with Crippen molar-refractivity contribution in [3.63, 3.8) is 0 Å². The molecule has 1 aliphatic rings. The van der Waals surface area contributed by atoms with Crippen molar-refractivity contribution in [2.75, 3.05) is 50.7 Å². The Labute approximate surface area is 186 Å². The minimum absolute atomic E-state index is 0.891. The van der Waals surface area contributed by atoms with Gasteiger partial charge in [-0.25, -0.2) is 4.98 Å². The van der Waals surface area contributed by atoms with Crippen molar-refractivity contribution in [3.05, 3.63) is 102 Å². The van der Waals surface area contributed by atoms with Crippen LogP contribution < -0.4 is 4.90 Å². The van der Waals surface area contributed by atoms with Crippen LogP contribution in [0.15, 0.2) is 91.1 Å². The molecule has 0 N–H and O–H groups in total. The van der Waals surface area contributed by atoms with E-state index in [0.717, 1.165) is 58.2 Å². The Morgan fingerprint density at radius 2 is 1.45 bits per heavy atom. The zero-order valence-corrected chi connectivity index (χ0v) is 18.2. The van der Waals surface area contributed by atoms with Gasteiger partial charge in [-0.05, 0) is 23.3 Å². The predicted octanol–water partition coefficient (Wildman–Crippen LogP) is 4.42. The van der Waals surface area contributed by atoms with Gasteiger partial charge in [0.25, 0.3) is 0 Å². The molecule has 2 aromatic carbocycles. The number of anilines is 1. The quantitative estimate of drug-likeness (QED) is 0.519. The van der Waals surface area contributed by atoms with Gasteiger partial charge in [-0.15, -0.1) is 0 Å². The first-order chi connectivity index (χ1) is 15.4. The molecule has 160 valence electrons. The smallest absolute Gasteiger partial charge is 0.128 e. The van der Waals surface area contributed by atoms with Gasteiger partial charge in [-0.1, -0.05) is 78.9 Å². The normalized spacial score (nSPS) is 15.4. The van der Waals surface area contributed by atoms with Crippen LogP contribution in [0.4, 0.5) is 5.82 Å². The molecule has 1 fully saturated rings. The molecule has 1 saturated heterocycles. The molecule has 4 rings (SSSR count). The lowest BCUT2D eigenvalue weighted by molar-refractivity contribution is 0.145. The highest BCUT2D eigenvalue weighted by Crippen LogP contribution is 2.14. The first-order valence-corrected chi connectivity index (χ1v) is 11.2. The van der Waals surface area contributed by atoms with Crippen molar-refractivity contribution in [3.8, 4) is 0 Å². The summed E-state index contributed by atoms with van der Waals surface area (Å²) in [6, 6.07) is 27.4. The van der Waals surface area contributed by atoms with Crippen LogP contribution >= 0.6 is 0 Å². The number of hydrogen-bond acceptors (Lipinski definition) is 4. The molecule has 0 spiro atoms. The molecule has 1 aliphatic heterocycles. The molecule has 0 saturated carbocycles. The van der Waals surface area contributed by atoms with Gasteiger partial charge < -0.3 is 4.90 Å². The summed E-state index contributed by atoms with van der Waals surface area (Å²) >= 11 is 0. The van der Waals surface area contributed by atoms with Gasteiger partial charge in [-0.2, -0.15) is 0 Å². The van der Waals surface area contributed by atoms with Gasteiger partial charge in [0.15, 0.2) is 0 Å². The van der Waals surface area contributed by atoms with Crippen molar-refractivity contribution in [2.45, 2.75) is 6.54 Å². The summed E-state index contributed by atoms with van der Waals surface area (Å²) < 4.78 is 0. The van der Waals surface area contributed by atoms with Crippen molar-refractivity contribution >= 4 is 11.9 Å². The third-order valence-corrected chi connectivity index (χ3v) is 5.81. The Bertz CT molecular complexity index is 904. The van der Waals surface area contributed by atoms with Gasteiger partial charge in [0, 0.05) is 58.6 Å². The maximum atomic E-state index is 4.60. The highest BCUT2D eigenvalue weighted by Gasteiger charge is 2.17. The molecule has 31 heavy (non-hydrogen) atoms. The Morgan fingerprint density at radius 1 is 0.774 bits per heavy atom. The van der Waals surface area contributed by atoms with Gasteiger partial charge in [0.1, 0.15) is 5.82 Å². The number of nitrogens with zero attached hydrogens (tertiary/aromatic N) is 4. The second kappa shape index (κ2) is 11.4. The van der Waals surface area contributed by atoms with E-state index in [4.69, 9.17) is 0 Å². The molecule has 1 aromatic heterocycles. The zero-order valence-electron chi connectivity index (χ0n) is 18.2. The molecular weight excluding hydrogens is 380 g/mol. The van der Waals surface area contributed by atoms with Crippen molar-refractivity contribution in [1.29, 1.82) is 0 Å². The molecular formula is C27H32N4. The fourth-order valence-electron chi connectivity index (χ4n) is 3.98. The van der Waals surface area contributed by atoms with E-state index in [9.17, 15) is 0 Å². The number of piperazine rings is 1. The summed E-state index contributed by atoms with van der Waals surface area (Å²) in [6.45, 7) is 8.47. The number of aromatic nitrogens is 1.